The molecule has 11 heteroatoms. The Morgan fingerprint density at radius 1 is 0.839 bits per heavy atom. The molecule has 1 unspecified atom stereocenters. The van der Waals surface area contributed by atoms with Gasteiger partial charge in [-0.15, -0.1) is 0 Å². The molecule has 6 aliphatic rings. The predicted molar refractivity (Wildman–Crippen MR) is 239 cm³/mol. The van der Waals surface area contributed by atoms with Crippen molar-refractivity contribution in [2.75, 3.05) is 6.61 Å². The molecule has 2 heterocycles. The number of hydrogen-bond donors (Lipinski definition) is 3. The summed E-state index contributed by atoms with van der Waals surface area (Å²) in [7, 11) is 0. The summed E-state index contributed by atoms with van der Waals surface area (Å²) in [5.41, 5.74) is -0.682. The Morgan fingerprint density at radius 2 is 1.52 bits per heavy atom. The van der Waals surface area contributed by atoms with E-state index in [-0.39, 0.29) is 57.6 Å². The fourth-order valence-corrected chi connectivity index (χ4v) is 14.6. The number of nitrogens with zero attached hydrogens (tertiary/aromatic N) is 1. The van der Waals surface area contributed by atoms with Gasteiger partial charge in [0, 0.05) is 24.1 Å². The Hall–Kier alpha value is -2.76. The highest BCUT2D eigenvalue weighted by Gasteiger charge is 2.69. The van der Waals surface area contributed by atoms with Gasteiger partial charge in [0.05, 0.1) is 5.41 Å². The van der Waals surface area contributed by atoms with E-state index in [1.54, 1.807) is 0 Å². The number of aromatic amines is 1. The molecule has 7 rings (SSSR count). The molecule has 5 aliphatic carbocycles. The number of ether oxygens (including phenoxy) is 3. The smallest absolute Gasteiger partial charge is 0.330 e. The summed E-state index contributed by atoms with van der Waals surface area (Å²) in [6.07, 6.45) is 19.4. The number of nitrogens with one attached hydrogen (secondary N) is 1. The van der Waals surface area contributed by atoms with Crippen molar-refractivity contribution in [2.45, 2.75) is 214 Å². The lowest BCUT2D eigenvalue weighted by atomic mass is 9.33. The van der Waals surface area contributed by atoms with E-state index < -0.39 is 41.2 Å². The monoisotopic (exact) mass is 865 g/mol. The van der Waals surface area contributed by atoms with Crippen LogP contribution >= 0.6 is 0 Å². The van der Waals surface area contributed by atoms with Gasteiger partial charge >= 0.3 is 17.6 Å². The van der Waals surface area contributed by atoms with Crippen LogP contribution in [0.5, 0.6) is 0 Å². The first-order chi connectivity index (χ1) is 29.2. The minimum atomic E-state index is -1.46. The molecule has 0 amide bonds. The molecule has 1 aliphatic heterocycles. The first-order valence-electron chi connectivity index (χ1n) is 24.6. The van der Waals surface area contributed by atoms with Gasteiger partial charge in [-0.3, -0.25) is 23.9 Å². The molecule has 0 spiro atoms. The van der Waals surface area contributed by atoms with Crippen LogP contribution < -0.4 is 11.2 Å². The number of esters is 2. The Balaban J connectivity index is 1.03. The highest BCUT2D eigenvalue weighted by Crippen LogP contribution is 2.76. The average Bonchev–Trinajstić information content (AvgIpc) is 3.49. The van der Waals surface area contributed by atoms with Gasteiger partial charge in [-0.2, -0.15) is 0 Å². The number of aliphatic hydroxyl groups excluding tert-OH is 2. The number of unbranched alkanes of at least 4 members (excludes halogenated alkanes) is 8. The van der Waals surface area contributed by atoms with Gasteiger partial charge in [0.25, 0.3) is 5.56 Å². The zero-order chi connectivity index (χ0) is 44.9. The normalized spacial score (nSPS) is 39.4. The van der Waals surface area contributed by atoms with Crippen LogP contribution in [-0.2, 0) is 23.8 Å². The quantitative estimate of drug-likeness (QED) is 0.0888. The van der Waals surface area contributed by atoms with Crippen LogP contribution in [-0.4, -0.2) is 62.7 Å². The third kappa shape index (κ3) is 8.35. The lowest BCUT2D eigenvalue weighted by Crippen LogP contribution is -2.65. The van der Waals surface area contributed by atoms with E-state index in [2.05, 4.69) is 66.4 Å². The zero-order valence-electron chi connectivity index (χ0n) is 39.4. The van der Waals surface area contributed by atoms with Gasteiger partial charge in [0.15, 0.2) is 6.23 Å². The SMILES string of the molecule is CCCCCCCCCCCC(=O)O[C@H]1CC[C@@]2(C)C(CC[C@]3(C)[C@@H]2CC=C2[C@@H]4CC(C)(C)CC[C@]4(C(=O)OC[C@H]4O[C@@H](n5ccc(=O)[nH]c5=O)[C@H](O)[C@@H]4O)CC[C@]23C)C1(C)C. The lowest BCUT2D eigenvalue weighted by molar-refractivity contribution is -0.214. The number of carbonyl (C=O) groups is 2. The third-order valence-corrected chi connectivity index (χ3v) is 18.6. The molecule has 1 aromatic rings. The molecule has 0 radical (unpaired) electrons. The van der Waals surface area contributed by atoms with Crippen molar-refractivity contribution in [3.05, 3.63) is 44.8 Å². The van der Waals surface area contributed by atoms with Crippen molar-refractivity contribution in [3.63, 3.8) is 0 Å². The molecule has 0 bridgehead atoms. The second-order valence-corrected chi connectivity index (χ2v) is 23.0. The number of carbonyl (C=O) groups excluding carboxylic acids is 2. The van der Waals surface area contributed by atoms with Crippen molar-refractivity contribution < 1.29 is 34.0 Å². The summed E-state index contributed by atoms with van der Waals surface area (Å²) in [5, 5.41) is 21.8. The summed E-state index contributed by atoms with van der Waals surface area (Å²) >= 11 is 0. The molecular formula is C51H80N2O9. The van der Waals surface area contributed by atoms with Crippen LogP contribution in [0.4, 0.5) is 0 Å². The van der Waals surface area contributed by atoms with Crippen molar-refractivity contribution in [1.82, 2.24) is 9.55 Å². The lowest BCUT2D eigenvalue weighted by Gasteiger charge is -2.71. The topological polar surface area (TPSA) is 157 Å². The summed E-state index contributed by atoms with van der Waals surface area (Å²) in [6, 6.07) is 1.15. The molecular weight excluding hydrogens is 785 g/mol. The highest BCUT2D eigenvalue weighted by molar-refractivity contribution is 5.79. The van der Waals surface area contributed by atoms with Gasteiger partial charge < -0.3 is 24.4 Å². The standard InChI is InChI=1S/C51H80N2O9/c1-9-10-11-12-13-14-15-16-17-18-40(55)62-38-22-24-48(6)36(47(38,4)5)21-25-50(8)37(48)20-19-33-34-31-46(2,3)26-28-51(34,29-27-49(33,50)7)44(58)60-32-35-41(56)42(57)43(61-35)53-30-23-39(54)52-45(53)59/h19,23,30,34-38,41-43,56-57H,9-18,20-22,24-29,31-32H2,1-8H3,(H,52,54,59)/t34-,35+,36?,37+,38-,41+,42+,43+,48-,49+,50+,51-/m0/s1. The van der Waals surface area contributed by atoms with Crippen LogP contribution in [0.2, 0.25) is 0 Å². The maximum atomic E-state index is 14.7. The Kier molecular flexibility index (Phi) is 13.6. The number of aromatic nitrogens is 2. The minimum Gasteiger partial charge on any atom is -0.462 e. The summed E-state index contributed by atoms with van der Waals surface area (Å²) in [5.74, 6) is 0.624. The van der Waals surface area contributed by atoms with Gasteiger partial charge in [0.1, 0.15) is 31.0 Å². The van der Waals surface area contributed by atoms with Crippen LogP contribution in [0.1, 0.15) is 190 Å². The fourth-order valence-electron chi connectivity index (χ4n) is 14.6. The minimum absolute atomic E-state index is 0.0191. The maximum absolute atomic E-state index is 14.7. The van der Waals surface area contributed by atoms with Crippen molar-refractivity contribution in [3.8, 4) is 0 Å². The molecule has 3 N–H and O–H groups in total. The fraction of sp³-hybridized carbons (Fsp3) is 0.843. The van der Waals surface area contributed by atoms with Crippen molar-refractivity contribution in [2.24, 2.45) is 50.2 Å². The van der Waals surface area contributed by atoms with E-state index in [0.29, 0.717) is 18.3 Å². The molecule has 5 fully saturated rings. The van der Waals surface area contributed by atoms with E-state index in [0.717, 1.165) is 87.7 Å². The van der Waals surface area contributed by atoms with Crippen LogP contribution in [0.3, 0.4) is 0 Å². The number of aliphatic hydroxyl groups is 2. The predicted octanol–water partition coefficient (Wildman–Crippen LogP) is 9.33. The number of H-pyrrole nitrogens is 1. The van der Waals surface area contributed by atoms with Gasteiger partial charge in [0.2, 0.25) is 0 Å². The molecule has 348 valence electrons. The first-order valence-corrected chi connectivity index (χ1v) is 24.6. The molecule has 11 nitrogen and oxygen atoms in total. The van der Waals surface area contributed by atoms with Crippen molar-refractivity contribution >= 4 is 11.9 Å². The molecule has 1 aromatic heterocycles. The average molecular weight is 865 g/mol. The second kappa shape index (κ2) is 17.9. The van der Waals surface area contributed by atoms with Crippen LogP contribution in [0.25, 0.3) is 0 Å². The van der Waals surface area contributed by atoms with E-state index in [9.17, 15) is 29.4 Å². The number of fused-ring (bicyclic) bond motifs is 7. The molecule has 4 saturated carbocycles. The van der Waals surface area contributed by atoms with Gasteiger partial charge in [-0.25, -0.2) is 4.79 Å². The van der Waals surface area contributed by atoms with E-state index in [4.69, 9.17) is 14.2 Å². The van der Waals surface area contributed by atoms with E-state index in [1.165, 1.54) is 56.7 Å². The Labute approximate surface area is 370 Å². The second-order valence-electron chi connectivity index (χ2n) is 23.0. The molecule has 0 aromatic carbocycles. The van der Waals surface area contributed by atoms with Crippen LogP contribution in [0.15, 0.2) is 33.5 Å². The van der Waals surface area contributed by atoms with Gasteiger partial charge in [-0.1, -0.05) is 118 Å². The van der Waals surface area contributed by atoms with Crippen molar-refractivity contribution in [1.29, 1.82) is 0 Å². The Bertz CT molecular complexity index is 1930. The Morgan fingerprint density at radius 3 is 2.21 bits per heavy atom. The van der Waals surface area contributed by atoms with E-state index >= 15 is 0 Å². The molecule has 12 atom stereocenters. The van der Waals surface area contributed by atoms with E-state index in [1.807, 2.05) is 0 Å². The molecule has 1 saturated heterocycles. The summed E-state index contributed by atoms with van der Waals surface area (Å²) in [4.78, 5) is 54.2. The molecule has 62 heavy (non-hydrogen) atoms. The van der Waals surface area contributed by atoms with Crippen LogP contribution in [0, 0.1) is 50.2 Å². The highest BCUT2D eigenvalue weighted by atomic mass is 16.6. The number of allylic oxidation sites excluding steroid dienone is 2. The largest absolute Gasteiger partial charge is 0.462 e. The first kappa shape index (κ1) is 47.2. The third-order valence-electron chi connectivity index (χ3n) is 18.6. The zero-order valence-corrected chi connectivity index (χ0v) is 39.4. The number of rotatable bonds is 15. The summed E-state index contributed by atoms with van der Waals surface area (Å²) in [6.45, 7) is 19.0. The summed E-state index contributed by atoms with van der Waals surface area (Å²) < 4.78 is 19.5. The maximum Gasteiger partial charge on any atom is 0.330 e. The number of hydrogen-bond acceptors (Lipinski definition) is 9. The van der Waals surface area contributed by atoms with Gasteiger partial charge in [-0.05, 0) is 110 Å².